The van der Waals surface area contributed by atoms with E-state index in [0.29, 0.717) is 36.8 Å². The second-order valence-electron chi connectivity index (χ2n) is 6.63. The monoisotopic (exact) mass is 412 g/mol. The molecule has 4 nitrogen and oxygen atoms in total. The third-order valence-electron chi connectivity index (χ3n) is 4.44. The summed E-state index contributed by atoms with van der Waals surface area (Å²) in [5.41, 5.74) is 1.43. The summed E-state index contributed by atoms with van der Waals surface area (Å²) in [7, 11) is 0. The Morgan fingerprint density at radius 1 is 1.04 bits per heavy atom. The zero-order valence-electron chi connectivity index (χ0n) is 15.1. The smallest absolute Gasteiger partial charge is 0.422 e. The molecule has 1 amide bonds. The van der Waals surface area contributed by atoms with Gasteiger partial charge < -0.3 is 9.64 Å². The third kappa shape index (κ3) is 5.87. The molecular formula is C20H20ClF3N2O2. The first kappa shape index (κ1) is 20.5. The van der Waals surface area contributed by atoms with Gasteiger partial charge in [0.2, 0.25) is 0 Å². The van der Waals surface area contributed by atoms with Gasteiger partial charge in [0.15, 0.2) is 6.61 Å². The number of benzene rings is 2. The number of ether oxygens (including phenoxy) is 1. The summed E-state index contributed by atoms with van der Waals surface area (Å²) in [6.07, 6.45) is -4.42. The van der Waals surface area contributed by atoms with Crippen LogP contribution in [0.5, 0.6) is 5.75 Å². The van der Waals surface area contributed by atoms with Crippen LogP contribution in [0.4, 0.5) is 13.2 Å². The Morgan fingerprint density at radius 2 is 1.75 bits per heavy atom. The number of rotatable bonds is 5. The first-order valence-corrected chi connectivity index (χ1v) is 9.24. The molecular weight excluding hydrogens is 393 g/mol. The van der Waals surface area contributed by atoms with Gasteiger partial charge in [0.05, 0.1) is 0 Å². The minimum absolute atomic E-state index is 0.0303. The summed E-state index contributed by atoms with van der Waals surface area (Å²) in [6, 6.07) is 13.5. The van der Waals surface area contributed by atoms with E-state index in [1.54, 1.807) is 11.0 Å². The van der Waals surface area contributed by atoms with Crippen molar-refractivity contribution in [2.45, 2.75) is 12.7 Å². The zero-order chi connectivity index (χ0) is 20.1. The fraction of sp³-hybridized carbons (Fsp3) is 0.350. The Labute approximate surface area is 166 Å². The molecule has 0 unspecified atom stereocenters. The van der Waals surface area contributed by atoms with Crippen molar-refractivity contribution in [2.24, 2.45) is 0 Å². The normalized spacial score (nSPS) is 15.5. The second-order valence-corrected chi connectivity index (χ2v) is 7.07. The van der Waals surface area contributed by atoms with E-state index in [9.17, 15) is 18.0 Å². The highest BCUT2D eigenvalue weighted by atomic mass is 35.5. The quantitative estimate of drug-likeness (QED) is 0.736. The second kappa shape index (κ2) is 8.84. The van der Waals surface area contributed by atoms with Gasteiger partial charge in [-0.1, -0.05) is 29.8 Å². The van der Waals surface area contributed by atoms with Gasteiger partial charge in [-0.3, -0.25) is 9.69 Å². The van der Waals surface area contributed by atoms with Gasteiger partial charge in [0.25, 0.3) is 5.91 Å². The van der Waals surface area contributed by atoms with Crippen molar-refractivity contribution in [2.75, 3.05) is 32.8 Å². The number of alkyl halides is 3. The highest BCUT2D eigenvalue weighted by Gasteiger charge is 2.28. The Kier molecular flexibility index (Phi) is 6.46. The maximum atomic E-state index is 12.7. The number of hydrogen-bond donors (Lipinski definition) is 0. The largest absolute Gasteiger partial charge is 0.484 e. The van der Waals surface area contributed by atoms with E-state index in [-0.39, 0.29) is 11.7 Å². The molecule has 1 aliphatic heterocycles. The molecule has 1 heterocycles. The molecule has 8 heteroatoms. The van der Waals surface area contributed by atoms with Crippen molar-refractivity contribution in [3.63, 3.8) is 0 Å². The van der Waals surface area contributed by atoms with Gasteiger partial charge in [0.1, 0.15) is 5.75 Å². The van der Waals surface area contributed by atoms with Crippen LogP contribution >= 0.6 is 11.6 Å². The molecule has 28 heavy (non-hydrogen) atoms. The van der Waals surface area contributed by atoms with Crippen LogP contribution in [-0.4, -0.2) is 54.7 Å². The first-order valence-electron chi connectivity index (χ1n) is 8.86. The molecule has 0 aliphatic carbocycles. The number of piperazine rings is 1. The van der Waals surface area contributed by atoms with Crippen LogP contribution in [0.25, 0.3) is 0 Å². The van der Waals surface area contributed by atoms with Crippen LogP contribution in [0.3, 0.4) is 0 Å². The van der Waals surface area contributed by atoms with Gasteiger partial charge in [-0.05, 0) is 35.9 Å². The highest BCUT2D eigenvalue weighted by molar-refractivity contribution is 6.30. The van der Waals surface area contributed by atoms with Crippen LogP contribution in [0.15, 0.2) is 48.5 Å². The average Bonchev–Trinajstić information content (AvgIpc) is 2.66. The number of halogens is 4. The molecule has 150 valence electrons. The van der Waals surface area contributed by atoms with Gasteiger partial charge in [0, 0.05) is 43.3 Å². The number of carbonyl (C=O) groups excluding carboxylic acids is 1. The number of hydrogen-bond acceptors (Lipinski definition) is 3. The summed E-state index contributed by atoms with van der Waals surface area (Å²) in [5.74, 6) is -0.178. The van der Waals surface area contributed by atoms with E-state index in [1.807, 2.05) is 24.3 Å². The Bertz CT molecular complexity index is 821. The molecule has 0 atom stereocenters. The topological polar surface area (TPSA) is 32.8 Å². The van der Waals surface area contributed by atoms with Crippen LogP contribution < -0.4 is 4.74 Å². The average molecular weight is 413 g/mol. The summed E-state index contributed by atoms with van der Waals surface area (Å²) >= 11 is 6.01. The van der Waals surface area contributed by atoms with Crippen LogP contribution in [0.2, 0.25) is 5.02 Å². The van der Waals surface area contributed by atoms with Crippen molar-refractivity contribution in [1.82, 2.24) is 9.80 Å². The molecule has 0 radical (unpaired) electrons. The Hall–Kier alpha value is -2.25. The fourth-order valence-electron chi connectivity index (χ4n) is 3.07. The van der Waals surface area contributed by atoms with Gasteiger partial charge >= 0.3 is 6.18 Å². The lowest BCUT2D eigenvalue weighted by molar-refractivity contribution is -0.153. The summed E-state index contributed by atoms with van der Waals surface area (Å²) < 4.78 is 41.6. The summed E-state index contributed by atoms with van der Waals surface area (Å²) in [4.78, 5) is 16.6. The summed E-state index contributed by atoms with van der Waals surface area (Å²) in [6.45, 7) is 1.89. The van der Waals surface area contributed by atoms with E-state index >= 15 is 0 Å². The van der Waals surface area contributed by atoms with Crippen molar-refractivity contribution in [1.29, 1.82) is 0 Å². The van der Waals surface area contributed by atoms with Gasteiger partial charge in [-0.2, -0.15) is 13.2 Å². The minimum Gasteiger partial charge on any atom is -0.484 e. The molecule has 2 aromatic rings. The van der Waals surface area contributed by atoms with Crippen LogP contribution in [0.1, 0.15) is 15.9 Å². The van der Waals surface area contributed by atoms with E-state index in [2.05, 4.69) is 4.90 Å². The molecule has 0 bridgehead atoms. The molecule has 0 saturated carbocycles. The van der Waals surface area contributed by atoms with E-state index in [1.165, 1.54) is 18.2 Å². The third-order valence-corrected chi connectivity index (χ3v) is 4.67. The zero-order valence-corrected chi connectivity index (χ0v) is 15.8. The number of nitrogens with zero attached hydrogens (tertiary/aromatic N) is 2. The fourth-order valence-corrected chi connectivity index (χ4v) is 3.28. The molecule has 1 aliphatic rings. The predicted octanol–water partition coefficient (Wildman–Crippen LogP) is 4.24. The lowest BCUT2D eigenvalue weighted by Gasteiger charge is -2.34. The van der Waals surface area contributed by atoms with Gasteiger partial charge in [-0.15, -0.1) is 0 Å². The molecule has 0 spiro atoms. The maximum absolute atomic E-state index is 12.7. The Morgan fingerprint density at radius 3 is 2.43 bits per heavy atom. The van der Waals surface area contributed by atoms with E-state index in [4.69, 9.17) is 16.3 Å². The van der Waals surface area contributed by atoms with Crippen LogP contribution in [-0.2, 0) is 6.54 Å². The maximum Gasteiger partial charge on any atom is 0.422 e. The predicted molar refractivity (Wildman–Crippen MR) is 101 cm³/mol. The van der Waals surface area contributed by atoms with E-state index in [0.717, 1.165) is 12.1 Å². The Balaban J connectivity index is 1.55. The van der Waals surface area contributed by atoms with Crippen molar-refractivity contribution < 1.29 is 22.7 Å². The lowest BCUT2D eigenvalue weighted by atomic mass is 10.1. The molecule has 2 aromatic carbocycles. The first-order chi connectivity index (χ1) is 13.3. The molecule has 0 aromatic heterocycles. The molecule has 1 saturated heterocycles. The van der Waals surface area contributed by atoms with Gasteiger partial charge in [-0.25, -0.2) is 0 Å². The molecule has 1 fully saturated rings. The molecule has 0 N–H and O–H groups in total. The molecule has 3 rings (SSSR count). The minimum atomic E-state index is -4.42. The standard InChI is InChI=1S/C20H20ClF3N2O2/c21-17-5-1-3-15(11-17)13-25-7-9-26(10-8-25)19(27)16-4-2-6-18(12-16)28-14-20(22,23)24/h1-6,11-12H,7-10,13-14H2. The van der Waals surface area contributed by atoms with Crippen LogP contribution in [0, 0.1) is 0 Å². The van der Waals surface area contributed by atoms with Crippen molar-refractivity contribution in [3.05, 3.63) is 64.7 Å². The summed E-state index contributed by atoms with van der Waals surface area (Å²) in [5, 5.41) is 0.693. The lowest BCUT2D eigenvalue weighted by Crippen LogP contribution is -2.48. The van der Waals surface area contributed by atoms with E-state index < -0.39 is 12.8 Å². The number of carbonyl (C=O) groups is 1. The van der Waals surface area contributed by atoms with Crippen molar-refractivity contribution >= 4 is 17.5 Å². The number of amides is 1. The SMILES string of the molecule is O=C(c1cccc(OCC(F)(F)F)c1)N1CCN(Cc2cccc(Cl)c2)CC1. The highest BCUT2D eigenvalue weighted by Crippen LogP contribution is 2.21. The van der Waals surface area contributed by atoms with Crippen molar-refractivity contribution in [3.8, 4) is 5.75 Å².